The fourth-order valence-electron chi connectivity index (χ4n) is 3.13. The van der Waals surface area contributed by atoms with E-state index in [-0.39, 0.29) is 27.0 Å². The van der Waals surface area contributed by atoms with E-state index in [1.807, 2.05) is 0 Å². The third kappa shape index (κ3) is 5.09. The number of carbonyl (C=O) groups is 1. The van der Waals surface area contributed by atoms with Crippen molar-refractivity contribution in [2.24, 2.45) is 0 Å². The summed E-state index contributed by atoms with van der Waals surface area (Å²) in [6.45, 7) is 0.658. The summed E-state index contributed by atoms with van der Waals surface area (Å²) in [6.07, 6.45) is 1.56. The molecule has 168 valence electrons. The minimum absolute atomic E-state index is 0.0324. The molecule has 11 heteroatoms. The summed E-state index contributed by atoms with van der Waals surface area (Å²) in [5, 5.41) is 0.0324. The first-order valence-corrected chi connectivity index (χ1v) is 12.8. The van der Waals surface area contributed by atoms with Gasteiger partial charge in [-0.15, -0.1) is 0 Å². The SMILES string of the molecule is CN(C)S(=O)(=O)c1cccc(COC(=O)c2ccc(Cl)c(S(=O)(=O)N3CCCC3)c2)c1. The normalized spacial score (nSPS) is 15.4. The van der Waals surface area contributed by atoms with Gasteiger partial charge in [0.05, 0.1) is 15.5 Å². The Bertz CT molecular complexity index is 1190. The lowest BCUT2D eigenvalue weighted by Gasteiger charge is -2.17. The minimum atomic E-state index is -3.80. The van der Waals surface area contributed by atoms with Gasteiger partial charge in [0.2, 0.25) is 20.0 Å². The second-order valence-electron chi connectivity index (χ2n) is 7.27. The third-order valence-corrected chi connectivity index (χ3v) is 9.09. The number of sulfonamides is 2. The second kappa shape index (κ2) is 9.25. The van der Waals surface area contributed by atoms with Crippen LogP contribution in [0.4, 0.5) is 0 Å². The molecule has 0 amide bonds. The molecule has 0 unspecified atom stereocenters. The molecular formula is C20H23ClN2O6S2. The first kappa shape index (κ1) is 23.7. The van der Waals surface area contributed by atoms with E-state index in [0.717, 1.165) is 17.1 Å². The molecule has 31 heavy (non-hydrogen) atoms. The Kier molecular flexibility index (Phi) is 7.07. The summed E-state index contributed by atoms with van der Waals surface area (Å²) in [6, 6.07) is 10.0. The highest BCUT2D eigenvalue weighted by atomic mass is 35.5. The van der Waals surface area contributed by atoms with Crippen molar-refractivity contribution in [1.29, 1.82) is 0 Å². The van der Waals surface area contributed by atoms with Crippen molar-refractivity contribution >= 4 is 37.6 Å². The fourth-order valence-corrected chi connectivity index (χ4v) is 6.12. The topological polar surface area (TPSA) is 101 Å². The first-order chi connectivity index (χ1) is 14.5. The number of nitrogens with zero attached hydrogens (tertiary/aromatic N) is 2. The van der Waals surface area contributed by atoms with E-state index in [2.05, 4.69) is 0 Å². The van der Waals surface area contributed by atoms with Gasteiger partial charge in [-0.1, -0.05) is 23.7 Å². The summed E-state index contributed by atoms with van der Waals surface area (Å²) in [4.78, 5) is 12.5. The molecule has 1 fully saturated rings. The van der Waals surface area contributed by atoms with E-state index in [1.165, 1.54) is 48.7 Å². The Morgan fingerprint density at radius 3 is 2.39 bits per heavy atom. The zero-order valence-corrected chi connectivity index (χ0v) is 19.5. The van der Waals surface area contributed by atoms with E-state index in [1.54, 1.807) is 12.1 Å². The average molecular weight is 487 g/mol. The molecule has 1 saturated heterocycles. The maximum Gasteiger partial charge on any atom is 0.338 e. The predicted octanol–water partition coefficient (Wildman–Crippen LogP) is 2.73. The molecule has 0 aromatic heterocycles. The quantitative estimate of drug-likeness (QED) is 0.558. The van der Waals surface area contributed by atoms with E-state index in [4.69, 9.17) is 16.3 Å². The summed E-state index contributed by atoms with van der Waals surface area (Å²) < 4.78 is 57.9. The molecule has 1 heterocycles. The van der Waals surface area contributed by atoms with Crippen molar-refractivity contribution in [3.63, 3.8) is 0 Å². The molecule has 2 aromatic carbocycles. The lowest BCUT2D eigenvalue weighted by molar-refractivity contribution is 0.0472. The number of ether oxygens (including phenoxy) is 1. The number of benzene rings is 2. The summed E-state index contributed by atoms with van der Waals surface area (Å²) >= 11 is 6.10. The Hall–Kier alpha value is -1.98. The second-order valence-corrected chi connectivity index (χ2v) is 11.7. The highest BCUT2D eigenvalue weighted by Gasteiger charge is 2.30. The van der Waals surface area contributed by atoms with Gasteiger partial charge in [0.15, 0.2) is 0 Å². The van der Waals surface area contributed by atoms with Crippen LogP contribution in [0.3, 0.4) is 0 Å². The molecule has 0 aliphatic carbocycles. The Morgan fingerprint density at radius 1 is 1.06 bits per heavy atom. The largest absolute Gasteiger partial charge is 0.457 e. The van der Waals surface area contributed by atoms with Crippen molar-refractivity contribution in [1.82, 2.24) is 8.61 Å². The molecule has 0 spiro atoms. The van der Waals surface area contributed by atoms with Gasteiger partial charge < -0.3 is 4.74 Å². The van der Waals surface area contributed by atoms with E-state index < -0.39 is 26.0 Å². The number of hydrogen-bond acceptors (Lipinski definition) is 6. The van der Waals surface area contributed by atoms with Gasteiger partial charge in [-0.05, 0) is 48.7 Å². The zero-order valence-electron chi connectivity index (χ0n) is 17.1. The molecule has 0 N–H and O–H groups in total. The maximum atomic E-state index is 12.8. The number of esters is 1. The summed E-state index contributed by atoms with van der Waals surface area (Å²) in [5.41, 5.74) is 0.523. The number of carbonyl (C=O) groups excluding carboxylic acids is 1. The van der Waals surface area contributed by atoms with Crippen molar-refractivity contribution in [3.8, 4) is 0 Å². The third-order valence-electron chi connectivity index (χ3n) is 4.90. The molecule has 1 aliphatic rings. The molecule has 0 radical (unpaired) electrons. The molecular weight excluding hydrogens is 464 g/mol. The van der Waals surface area contributed by atoms with Crippen LogP contribution in [0.5, 0.6) is 0 Å². The lowest BCUT2D eigenvalue weighted by Crippen LogP contribution is -2.28. The smallest absolute Gasteiger partial charge is 0.338 e. The van der Waals surface area contributed by atoms with E-state index in [0.29, 0.717) is 18.7 Å². The predicted molar refractivity (Wildman–Crippen MR) is 116 cm³/mol. The van der Waals surface area contributed by atoms with Crippen LogP contribution in [-0.2, 0) is 31.4 Å². The highest BCUT2D eigenvalue weighted by molar-refractivity contribution is 7.89. The Labute approximate surface area is 187 Å². The van der Waals surface area contributed by atoms with Gasteiger partial charge in [0.1, 0.15) is 11.5 Å². The average Bonchev–Trinajstić information content (AvgIpc) is 3.28. The van der Waals surface area contributed by atoms with Gasteiger partial charge in [-0.25, -0.2) is 25.9 Å². The van der Waals surface area contributed by atoms with Crippen LogP contribution in [0.2, 0.25) is 5.02 Å². The monoisotopic (exact) mass is 486 g/mol. The first-order valence-electron chi connectivity index (χ1n) is 9.52. The molecule has 0 bridgehead atoms. The van der Waals surface area contributed by atoms with Crippen LogP contribution >= 0.6 is 11.6 Å². The number of hydrogen-bond donors (Lipinski definition) is 0. The fraction of sp³-hybridized carbons (Fsp3) is 0.350. The highest BCUT2D eigenvalue weighted by Crippen LogP contribution is 2.28. The van der Waals surface area contributed by atoms with E-state index >= 15 is 0 Å². The zero-order chi connectivity index (χ0) is 22.8. The Balaban J connectivity index is 1.78. The number of rotatable bonds is 7. The van der Waals surface area contributed by atoms with Crippen LogP contribution in [0.25, 0.3) is 0 Å². The van der Waals surface area contributed by atoms with Crippen LogP contribution in [0, 0.1) is 0 Å². The van der Waals surface area contributed by atoms with Crippen LogP contribution in [0.15, 0.2) is 52.3 Å². The van der Waals surface area contributed by atoms with Gasteiger partial charge in [-0.3, -0.25) is 0 Å². The molecule has 0 atom stereocenters. The lowest BCUT2D eigenvalue weighted by atomic mass is 10.2. The molecule has 2 aromatic rings. The van der Waals surface area contributed by atoms with Gasteiger partial charge in [0.25, 0.3) is 0 Å². The molecule has 1 aliphatic heterocycles. The van der Waals surface area contributed by atoms with Crippen LogP contribution in [-0.4, -0.2) is 58.6 Å². The molecule has 3 rings (SSSR count). The van der Waals surface area contributed by atoms with Crippen LogP contribution in [0.1, 0.15) is 28.8 Å². The van der Waals surface area contributed by atoms with Crippen molar-refractivity contribution < 1.29 is 26.4 Å². The van der Waals surface area contributed by atoms with Crippen molar-refractivity contribution in [2.75, 3.05) is 27.2 Å². The number of halogens is 1. The van der Waals surface area contributed by atoms with Gasteiger partial charge >= 0.3 is 5.97 Å². The maximum absolute atomic E-state index is 12.8. The minimum Gasteiger partial charge on any atom is -0.457 e. The summed E-state index contributed by atoms with van der Waals surface area (Å²) in [7, 11) is -4.56. The van der Waals surface area contributed by atoms with Crippen LogP contribution < -0.4 is 0 Å². The van der Waals surface area contributed by atoms with Gasteiger partial charge in [-0.2, -0.15) is 4.31 Å². The standard InChI is InChI=1S/C20H23ClN2O6S2/c1-22(2)30(25,26)17-7-5-6-15(12-17)14-29-20(24)16-8-9-18(21)19(13-16)31(27,28)23-10-3-4-11-23/h5-9,12-13H,3-4,10-11,14H2,1-2H3. The Morgan fingerprint density at radius 2 is 1.74 bits per heavy atom. The summed E-state index contributed by atoms with van der Waals surface area (Å²) in [5.74, 6) is -0.740. The van der Waals surface area contributed by atoms with E-state index in [9.17, 15) is 21.6 Å². The van der Waals surface area contributed by atoms with Gasteiger partial charge in [0, 0.05) is 27.2 Å². The van der Waals surface area contributed by atoms with Crippen molar-refractivity contribution in [2.45, 2.75) is 29.2 Å². The molecule has 0 saturated carbocycles. The molecule has 8 nitrogen and oxygen atoms in total. The van der Waals surface area contributed by atoms with Crippen molar-refractivity contribution in [3.05, 3.63) is 58.6 Å².